The molecule has 26 heavy (non-hydrogen) atoms. The van der Waals surface area contributed by atoms with Crippen LogP contribution in [0.25, 0.3) is 0 Å². The Labute approximate surface area is 152 Å². The van der Waals surface area contributed by atoms with Gasteiger partial charge in [0.15, 0.2) is 5.78 Å². The molecule has 0 saturated heterocycles. The molecule has 0 radical (unpaired) electrons. The normalized spacial score (nSPS) is 11.0. The molecule has 0 unspecified atom stereocenters. The molecule has 0 aliphatic heterocycles. The molecule has 0 saturated carbocycles. The first-order valence-corrected chi connectivity index (χ1v) is 8.57. The third kappa shape index (κ3) is 3.87. The molecule has 2 aromatic rings. The number of Topliss-reactive ketones (excluding diaryl/α,β-unsaturated/α-hetero) is 1. The summed E-state index contributed by atoms with van der Waals surface area (Å²) < 4.78 is 2.22. The van der Waals surface area contributed by atoms with Gasteiger partial charge in [0.2, 0.25) is 0 Å². The van der Waals surface area contributed by atoms with Crippen LogP contribution in [0.3, 0.4) is 0 Å². The van der Waals surface area contributed by atoms with Crippen molar-refractivity contribution in [2.75, 3.05) is 17.6 Å². The molecule has 0 spiro atoms. The van der Waals surface area contributed by atoms with Crippen molar-refractivity contribution in [3.63, 3.8) is 0 Å². The molecule has 7 heteroatoms. The molecule has 1 aromatic carbocycles. The number of nitrogens with zero attached hydrogens (tertiary/aromatic N) is 2. The van der Waals surface area contributed by atoms with Gasteiger partial charge in [-0.05, 0) is 31.4 Å². The Hall–Kier alpha value is -2.83. The summed E-state index contributed by atoms with van der Waals surface area (Å²) in [5.74, 6) is -0.372. The average molecular weight is 358 g/mol. The van der Waals surface area contributed by atoms with Gasteiger partial charge in [0.25, 0.3) is 5.56 Å². The van der Waals surface area contributed by atoms with E-state index in [0.29, 0.717) is 6.54 Å². The first kappa shape index (κ1) is 19.5. The van der Waals surface area contributed by atoms with Crippen LogP contribution in [0.4, 0.5) is 11.5 Å². The third-order valence-corrected chi connectivity index (χ3v) is 4.23. The van der Waals surface area contributed by atoms with Crippen LogP contribution in [-0.2, 0) is 13.6 Å². The van der Waals surface area contributed by atoms with Gasteiger partial charge < -0.3 is 11.1 Å². The monoisotopic (exact) mass is 358 g/mol. The molecule has 0 amide bonds. The number of anilines is 2. The fourth-order valence-electron chi connectivity index (χ4n) is 2.86. The van der Waals surface area contributed by atoms with Crippen molar-refractivity contribution in [2.24, 2.45) is 13.0 Å². The summed E-state index contributed by atoms with van der Waals surface area (Å²) in [6, 6.07) is 5.83. The minimum absolute atomic E-state index is 0.0702. The summed E-state index contributed by atoms with van der Waals surface area (Å²) in [6.45, 7) is 8.05. The van der Waals surface area contributed by atoms with Crippen LogP contribution in [0.2, 0.25) is 0 Å². The fraction of sp³-hybridized carbons (Fsp3) is 0.421. The number of benzene rings is 1. The summed E-state index contributed by atoms with van der Waals surface area (Å²) in [6.07, 6.45) is 0. The molecule has 3 N–H and O–H groups in total. The fourth-order valence-corrected chi connectivity index (χ4v) is 2.86. The zero-order valence-corrected chi connectivity index (χ0v) is 15.9. The molecule has 0 atom stereocenters. The average Bonchev–Trinajstić information content (AvgIpc) is 2.56. The van der Waals surface area contributed by atoms with Crippen molar-refractivity contribution in [1.82, 2.24) is 9.13 Å². The maximum Gasteiger partial charge on any atom is 0.332 e. The van der Waals surface area contributed by atoms with E-state index in [1.165, 1.54) is 11.6 Å². The van der Waals surface area contributed by atoms with Crippen LogP contribution in [0, 0.1) is 19.8 Å². The van der Waals surface area contributed by atoms with E-state index in [2.05, 4.69) is 5.32 Å². The van der Waals surface area contributed by atoms with E-state index in [1.807, 2.05) is 45.9 Å². The van der Waals surface area contributed by atoms with Crippen molar-refractivity contribution < 1.29 is 4.79 Å². The second-order valence-corrected chi connectivity index (χ2v) is 7.01. The van der Waals surface area contributed by atoms with Gasteiger partial charge in [-0.15, -0.1) is 0 Å². The van der Waals surface area contributed by atoms with Crippen molar-refractivity contribution in [3.05, 3.63) is 55.7 Å². The number of hydrogen-bond donors (Lipinski definition) is 2. The number of nitrogens with one attached hydrogen (secondary N) is 1. The van der Waals surface area contributed by atoms with E-state index in [-0.39, 0.29) is 23.8 Å². The number of aryl methyl sites for hydroxylation is 2. The Morgan fingerprint density at radius 3 is 2.46 bits per heavy atom. The van der Waals surface area contributed by atoms with Crippen molar-refractivity contribution >= 4 is 17.3 Å². The highest BCUT2D eigenvalue weighted by Gasteiger charge is 2.21. The first-order chi connectivity index (χ1) is 12.1. The van der Waals surface area contributed by atoms with E-state index < -0.39 is 17.0 Å². The second-order valence-electron chi connectivity index (χ2n) is 7.01. The van der Waals surface area contributed by atoms with Gasteiger partial charge in [0, 0.05) is 19.3 Å². The predicted octanol–water partition coefficient (Wildman–Crippen LogP) is 1.70. The van der Waals surface area contributed by atoms with Gasteiger partial charge in [0.05, 0.1) is 6.54 Å². The zero-order valence-electron chi connectivity index (χ0n) is 15.9. The molecule has 0 aliphatic rings. The van der Waals surface area contributed by atoms with Gasteiger partial charge in [-0.25, -0.2) is 4.79 Å². The topological polar surface area (TPSA) is 99.1 Å². The number of nitrogen functional groups attached to an aromatic ring is 1. The molecule has 0 aliphatic carbocycles. The minimum atomic E-state index is -0.667. The molecule has 140 valence electrons. The number of nitrogens with two attached hydrogens (primary N) is 1. The van der Waals surface area contributed by atoms with Crippen LogP contribution in [-0.4, -0.2) is 21.5 Å². The molecule has 1 aromatic heterocycles. The van der Waals surface area contributed by atoms with Crippen molar-refractivity contribution in [1.29, 1.82) is 0 Å². The summed E-state index contributed by atoms with van der Waals surface area (Å²) in [5, 5.41) is 3.05. The van der Waals surface area contributed by atoms with Crippen molar-refractivity contribution in [3.8, 4) is 0 Å². The van der Waals surface area contributed by atoms with E-state index in [1.54, 1.807) is 0 Å². The molecule has 0 bridgehead atoms. The quantitative estimate of drug-likeness (QED) is 0.766. The second kappa shape index (κ2) is 7.59. The third-order valence-electron chi connectivity index (χ3n) is 4.23. The minimum Gasteiger partial charge on any atom is -0.384 e. The Bertz CT molecular complexity index is 954. The lowest BCUT2D eigenvalue weighted by Crippen LogP contribution is -2.43. The molecule has 1 heterocycles. The summed E-state index contributed by atoms with van der Waals surface area (Å²) >= 11 is 0. The number of hydrogen-bond acceptors (Lipinski definition) is 5. The molecule has 7 nitrogen and oxygen atoms in total. The number of carbonyl (C=O) groups excluding carboxylic acids is 1. The Balaban J connectivity index is 2.38. The molecule has 0 fully saturated rings. The van der Waals surface area contributed by atoms with Crippen LogP contribution < -0.4 is 22.3 Å². The summed E-state index contributed by atoms with van der Waals surface area (Å²) in [5.41, 5.74) is 7.64. The maximum absolute atomic E-state index is 12.7. The lowest BCUT2D eigenvalue weighted by molar-refractivity contribution is 0.100. The van der Waals surface area contributed by atoms with Gasteiger partial charge in [-0.1, -0.05) is 31.5 Å². The molecular weight excluding hydrogens is 332 g/mol. The van der Waals surface area contributed by atoms with Crippen LogP contribution in [0.1, 0.15) is 35.3 Å². The summed E-state index contributed by atoms with van der Waals surface area (Å²) in [7, 11) is 1.36. The van der Waals surface area contributed by atoms with Gasteiger partial charge in [-0.3, -0.25) is 18.7 Å². The number of rotatable bonds is 6. The van der Waals surface area contributed by atoms with E-state index in [9.17, 15) is 14.4 Å². The summed E-state index contributed by atoms with van der Waals surface area (Å²) in [4.78, 5) is 37.4. The lowest BCUT2D eigenvalue weighted by Gasteiger charge is -2.16. The smallest absolute Gasteiger partial charge is 0.332 e. The molecular formula is C19H26N4O3. The number of carbonyl (C=O) groups is 1. The highest BCUT2D eigenvalue weighted by Crippen LogP contribution is 2.16. The highest BCUT2D eigenvalue weighted by molar-refractivity contribution is 6.02. The van der Waals surface area contributed by atoms with Crippen LogP contribution >= 0.6 is 0 Å². The van der Waals surface area contributed by atoms with Gasteiger partial charge in [0.1, 0.15) is 11.4 Å². The SMILES string of the molecule is Cc1ccc(NCC(=O)c2c(N)n(CC(C)C)c(=O)n(C)c2=O)c(C)c1. The number of aromatic nitrogens is 2. The largest absolute Gasteiger partial charge is 0.384 e. The van der Waals surface area contributed by atoms with Gasteiger partial charge >= 0.3 is 5.69 Å². The van der Waals surface area contributed by atoms with Gasteiger partial charge in [-0.2, -0.15) is 0 Å². The Morgan fingerprint density at radius 2 is 1.88 bits per heavy atom. The standard InChI is InChI=1S/C19H26N4O3/c1-11(2)10-23-17(20)16(18(25)22(5)19(23)26)15(24)9-21-14-7-6-12(3)8-13(14)4/h6-8,11,21H,9-10,20H2,1-5H3. The van der Waals surface area contributed by atoms with E-state index in [4.69, 9.17) is 5.73 Å². The van der Waals surface area contributed by atoms with E-state index in [0.717, 1.165) is 21.4 Å². The molecule has 2 rings (SSSR count). The Kier molecular flexibility index (Phi) is 5.69. The predicted molar refractivity (Wildman–Crippen MR) is 104 cm³/mol. The first-order valence-electron chi connectivity index (χ1n) is 8.57. The maximum atomic E-state index is 12.7. The van der Waals surface area contributed by atoms with Crippen molar-refractivity contribution in [2.45, 2.75) is 34.2 Å². The Morgan fingerprint density at radius 1 is 1.23 bits per heavy atom. The number of ketones is 1. The highest BCUT2D eigenvalue weighted by atomic mass is 16.2. The van der Waals surface area contributed by atoms with Crippen LogP contribution in [0.15, 0.2) is 27.8 Å². The zero-order chi connectivity index (χ0) is 19.6. The van der Waals surface area contributed by atoms with Crippen LogP contribution in [0.5, 0.6) is 0 Å². The van der Waals surface area contributed by atoms with E-state index >= 15 is 0 Å². The lowest BCUT2D eigenvalue weighted by atomic mass is 10.1.